The van der Waals surface area contributed by atoms with Gasteiger partial charge in [0.05, 0.1) is 11.7 Å². The van der Waals surface area contributed by atoms with Gasteiger partial charge >= 0.3 is 0 Å². The number of carbonyl (C=O) groups is 1. The Kier molecular flexibility index (Phi) is 4.27. The molecule has 1 aliphatic rings. The zero-order valence-electron chi connectivity index (χ0n) is 12.5. The molecule has 1 saturated heterocycles. The number of benzene rings is 1. The van der Waals surface area contributed by atoms with Crippen LogP contribution in [-0.4, -0.2) is 36.6 Å². The summed E-state index contributed by atoms with van der Waals surface area (Å²) in [6.07, 6.45) is 1.22. The number of carbonyl (C=O) groups excluding carboxylic acids is 1. The summed E-state index contributed by atoms with van der Waals surface area (Å²) >= 11 is 1.64. The standard InChI is InChI=1S/C17H21NO2S/c1-3-20-15-8-9-18(10-12(15)2)17(19)14-11-21-16-7-5-4-6-13(14)16/h4-7,11-12,15H,3,8-10H2,1-2H3/t12-,15-/m1/s1. The predicted octanol–water partition coefficient (Wildman–Crippen LogP) is 3.79. The second kappa shape index (κ2) is 6.16. The van der Waals surface area contributed by atoms with E-state index < -0.39 is 0 Å². The number of fused-ring (bicyclic) bond motifs is 1. The third-order valence-corrected chi connectivity index (χ3v) is 5.17. The maximum absolute atomic E-state index is 12.8. The predicted molar refractivity (Wildman–Crippen MR) is 86.9 cm³/mol. The van der Waals surface area contributed by atoms with Crippen molar-refractivity contribution in [3.63, 3.8) is 0 Å². The van der Waals surface area contributed by atoms with Crippen LogP contribution in [0.4, 0.5) is 0 Å². The fraction of sp³-hybridized carbons (Fsp3) is 0.471. The number of nitrogens with zero attached hydrogens (tertiary/aromatic N) is 1. The van der Waals surface area contributed by atoms with E-state index in [4.69, 9.17) is 4.74 Å². The van der Waals surface area contributed by atoms with E-state index in [9.17, 15) is 4.79 Å². The number of ether oxygens (including phenoxy) is 1. The molecule has 1 amide bonds. The molecule has 0 radical (unpaired) electrons. The number of thiophene rings is 1. The van der Waals surface area contributed by atoms with Crippen molar-refractivity contribution in [3.8, 4) is 0 Å². The molecule has 2 atom stereocenters. The molecule has 0 aliphatic carbocycles. The minimum atomic E-state index is 0.161. The molecule has 2 aromatic rings. The first kappa shape index (κ1) is 14.5. The van der Waals surface area contributed by atoms with Crippen molar-refractivity contribution < 1.29 is 9.53 Å². The highest BCUT2D eigenvalue weighted by atomic mass is 32.1. The van der Waals surface area contributed by atoms with Crippen LogP contribution < -0.4 is 0 Å². The van der Waals surface area contributed by atoms with Gasteiger partial charge in [-0.1, -0.05) is 25.1 Å². The van der Waals surface area contributed by atoms with Crippen LogP contribution in [0.15, 0.2) is 29.6 Å². The van der Waals surface area contributed by atoms with Crippen LogP contribution in [0.25, 0.3) is 10.1 Å². The molecule has 1 aromatic carbocycles. The lowest BCUT2D eigenvalue weighted by atomic mass is 9.96. The minimum Gasteiger partial charge on any atom is -0.378 e. The molecule has 112 valence electrons. The van der Waals surface area contributed by atoms with E-state index >= 15 is 0 Å². The van der Waals surface area contributed by atoms with Crippen LogP contribution >= 0.6 is 11.3 Å². The molecule has 4 heteroatoms. The number of hydrogen-bond acceptors (Lipinski definition) is 3. The van der Waals surface area contributed by atoms with E-state index in [0.717, 1.165) is 37.1 Å². The van der Waals surface area contributed by atoms with Crippen LogP contribution in [-0.2, 0) is 4.74 Å². The molecular weight excluding hydrogens is 282 g/mol. The van der Waals surface area contributed by atoms with Crippen molar-refractivity contribution in [2.75, 3.05) is 19.7 Å². The molecular formula is C17H21NO2S. The monoisotopic (exact) mass is 303 g/mol. The van der Waals surface area contributed by atoms with Crippen LogP contribution in [0.3, 0.4) is 0 Å². The summed E-state index contributed by atoms with van der Waals surface area (Å²) in [6, 6.07) is 8.12. The van der Waals surface area contributed by atoms with Crippen molar-refractivity contribution in [3.05, 3.63) is 35.2 Å². The topological polar surface area (TPSA) is 29.5 Å². The molecule has 0 bridgehead atoms. The summed E-state index contributed by atoms with van der Waals surface area (Å²) in [4.78, 5) is 14.8. The number of hydrogen-bond donors (Lipinski definition) is 0. The Morgan fingerprint density at radius 1 is 1.43 bits per heavy atom. The third kappa shape index (κ3) is 2.83. The molecule has 3 rings (SSSR count). The van der Waals surface area contributed by atoms with Gasteiger partial charge in [-0.25, -0.2) is 0 Å². The van der Waals surface area contributed by atoms with Crippen LogP contribution in [0.1, 0.15) is 30.6 Å². The van der Waals surface area contributed by atoms with Gasteiger partial charge in [0.15, 0.2) is 0 Å². The Hall–Kier alpha value is -1.39. The van der Waals surface area contributed by atoms with Crippen molar-refractivity contribution in [2.45, 2.75) is 26.4 Å². The fourth-order valence-electron chi connectivity index (χ4n) is 3.08. The van der Waals surface area contributed by atoms with Gasteiger partial charge in [0, 0.05) is 35.2 Å². The quantitative estimate of drug-likeness (QED) is 0.863. The van der Waals surface area contributed by atoms with Crippen LogP contribution in [0.2, 0.25) is 0 Å². The van der Waals surface area contributed by atoms with Gasteiger partial charge in [-0.05, 0) is 25.3 Å². The van der Waals surface area contributed by atoms with E-state index in [0.29, 0.717) is 12.0 Å². The SMILES string of the molecule is CCO[C@@H]1CCN(C(=O)c2csc3ccccc23)C[C@H]1C. The molecule has 2 heterocycles. The summed E-state index contributed by atoms with van der Waals surface area (Å²) < 4.78 is 6.93. The van der Waals surface area contributed by atoms with E-state index in [1.54, 1.807) is 11.3 Å². The molecule has 0 spiro atoms. The lowest BCUT2D eigenvalue weighted by molar-refractivity contribution is -0.0178. The van der Waals surface area contributed by atoms with Crippen LogP contribution in [0, 0.1) is 5.92 Å². The first-order chi connectivity index (χ1) is 10.2. The Labute approximate surface area is 129 Å². The molecule has 0 saturated carbocycles. The first-order valence-electron chi connectivity index (χ1n) is 7.57. The number of likely N-dealkylation sites (tertiary alicyclic amines) is 1. The van der Waals surface area contributed by atoms with Gasteiger partial charge in [0.2, 0.25) is 0 Å². The Balaban J connectivity index is 1.77. The molecule has 1 fully saturated rings. The molecule has 1 aromatic heterocycles. The lowest BCUT2D eigenvalue weighted by Gasteiger charge is -2.36. The average Bonchev–Trinajstić information content (AvgIpc) is 2.93. The second-order valence-corrected chi connectivity index (χ2v) is 6.57. The van der Waals surface area contributed by atoms with Gasteiger partial charge in [-0.3, -0.25) is 4.79 Å². The highest BCUT2D eigenvalue weighted by Gasteiger charge is 2.30. The molecule has 0 unspecified atom stereocenters. The average molecular weight is 303 g/mol. The summed E-state index contributed by atoms with van der Waals surface area (Å²) in [7, 11) is 0. The second-order valence-electron chi connectivity index (χ2n) is 5.66. The van der Waals surface area contributed by atoms with Crippen molar-refractivity contribution >= 4 is 27.3 Å². The maximum Gasteiger partial charge on any atom is 0.255 e. The summed E-state index contributed by atoms with van der Waals surface area (Å²) in [6.45, 7) is 6.52. The van der Waals surface area contributed by atoms with E-state index in [1.165, 1.54) is 4.70 Å². The summed E-state index contributed by atoms with van der Waals surface area (Å²) in [5, 5.41) is 3.07. The van der Waals surface area contributed by atoms with Gasteiger partial charge in [-0.2, -0.15) is 0 Å². The molecule has 21 heavy (non-hydrogen) atoms. The Morgan fingerprint density at radius 2 is 2.24 bits per heavy atom. The normalized spacial score (nSPS) is 22.7. The molecule has 1 aliphatic heterocycles. The number of piperidine rings is 1. The zero-order valence-corrected chi connectivity index (χ0v) is 13.4. The minimum absolute atomic E-state index is 0.161. The maximum atomic E-state index is 12.8. The smallest absolute Gasteiger partial charge is 0.255 e. The zero-order chi connectivity index (χ0) is 14.8. The summed E-state index contributed by atoms with van der Waals surface area (Å²) in [5.41, 5.74) is 0.845. The van der Waals surface area contributed by atoms with E-state index in [2.05, 4.69) is 13.0 Å². The summed E-state index contributed by atoms with van der Waals surface area (Å²) in [5.74, 6) is 0.557. The van der Waals surface area contributed by atoms with Gasteiger partial charge in [-0.15, -0.1) is 11.3 Å². The Morgan fingerprint density at radius 3 is 3.00 bits per heavy atom. The van der Waals surface area contributed by atoms with Gasteiger partial charge in [0.1, 0.15) is 0 Å². The van der Waals surface area contributed by atoms with E-state index in [-0.39, 0.29) is 5.91 Å². The van der Waals surface area contributed by atoms with Crippen LogP contribution in [0.5, 0.6) is 0 Å². The Bertz CT molecular complexity index is 637. The fourth-order valence-corrected chi connectivity index (χ4v) is 4.02. The number of amides is 1. The molecule has 0 N–H and O–H groups in total. The van der Waals surface area contributed by atoms with Crippen molar-refractivity contribution in [2.24, 2.45) is 5.92 Å². The van der Waals surface area contributed by atoms with Gasteiger partial charge < -0.3 is 9.64 Å². The lowest BCUT2D eigenvalue weighted by Crippen LogP contribution is -2.45. The van der Waals surface area contributed by atoms with Crippen molar-refractivity contribution in [1.29, 1.82) is 0 Å². The first-order valence-corrected chi connectivity index (χ1v) is 8.45. The highest BCUT2D eigenvalue weighted by molar-refractivity contribution is 7.17. The largest absolute Gasteiger partial charge is 0.378 e. The third-order valence-electron chi connectivity index (χ3n) is 4.21. The number of rotatable bonds is 3. The molecule has 3 nitrogen and oxygen atoms in total. The van der Waals surface area contributed by atoms with Gasteiger partial charge in [0.25, 0.3) is 5.91 Å². The highest BCUT2D eigenvalue weighted by Crippen LogP contribution is 2.28. The van der Waals surface area contributed by atoms with E-state index in [1.807, 2.05) is 35.4 Å². The van der Waals surface area contributed by atoms with Crippen molar-refractivity contribution in [1.82, 2.24) is 4.90 Å².